The van der Waals surface area contributed by atoms with Gasteiger partial charge in [-0.15, -0.1) is 0 Å². The van der Waals surface area contributed by atoms with E-state index in [2.05, 4.69) is 11.2 Å². The van der Waals surface area contributed by atoms with Crippen LogP contribution in [0.3, 0.4) is 0 Å². The van der Waals surface area contributed by atoms with Crippen LogP contribution in [0.4, 0.5) is 5.95 Å². The minimum Gasteiger partial charge on any atom is -0.366 e. The molecule has 1 aromatic heterocycles. The number of aryl methyl sites for hydroxylation is 1. The molecule has 1 amide bonds. The van der Waals surface area contributed by atoms with Crippen molar-refractivity contribution in [3.05, 3.63) is 41.1 Å². The second-order valence-corrected chi connectivity index (χ2v) is 7.59. The van der Waals surface area contributed by atoms with Crippen LogP contribution in [-0.2, 0) is 12.8 Å². The van der Waals surface area contributed by atoms with Crippen LogP contribution in [0, 0.1) is 0 Å². The molecular formula is C19H22N4OS. The van der Waals surface area contributed by atoms with E-state index in [0.29, 0.717) is 11.6 Å². The van der Waals surface area contributed by atoms with Crippen LogP contribution in [0.5, 0.6) is 0 Å². The third-order valence-electron chi connectivity index (χ3n) is 5.12. The molecule has 1 saturated heterocycles. The topological polar surface area (TPSA) is 72.1 Å². The van der Waals surface area contributed by atoms with Gasteiger partial charge in [-0.2, -0.15) is 11.8 Å². The summed E-state index contributed by atoms with van der Waals surface area (Å²) in [5, 5.41) is 0. The van der Waals surface area contributed by atoms with Crippen LogP contribution >= 0.6 is 11.8 Å². The quantitative estimate of drug-likeness (QED) is 0.894. The van der Waals surface area contributed by atoms with Crippen LogP contribution in [-0.4, -0.2) is 40.5 Å². The second-order valence-electron chi connectivity index (χ2n) is 6.68. The van der Waals surface area contributed by atoms with Gasteiger partial charge in [0.25, 0.3) is 0 Å². The number of aromatic nitrogens is 2. The van der Waals surface area contributed by atoms with Crippen molar-refractivity contribution in [2.75, 3.05) is 23.5 Å². The molecule has 2 aliphatic rings. The molecule has 1 aliphatic carbocycles. The van der Waals surface area contributed by atoms with Crippen LogP contribution < -0.4 is 10.6 Å². The number of amides is 1. The summed E-state index contributed by atoms with van der Waals surface area (Å²) >= 11 is 1.87. The Bertz CT molecular complexity index is 806. The smallest absolute Gasteiger partial charge is 0.248 e. The average molecular weight is 354 g/mol. The molecule has 4 rings (SSSR count). The molecule has 0 saturated carbocycles. The number of primary amides is 1. The van der Waals surface area contributed by atoms with Crippen LogP contribution in [0.2, 0.25) is 0 Å². The van der Waals surface area contributed by atoms with Gasteiger partial charge in [-0.25, -0.2) is 9.97 Å². The van der Waals surface area contributed by atoms with Crippen molar-refractivity contribution in [1.82, 2.24) is 9.97 Å². The summed E-state index contributed by atoms with van der Waals surface area (Å²) < 4.78 is 0. The Morgan fingerprint density at radius 3 is 2.72 bits per heavy atom. The Morgan fingerprint density at radius 2 is 2.08 bits per heavy atom. The molecule has 0 spiro atoms. The second kappa shape index (κ2) is 6.67. The van der Waals surface area contributed by atoms with E-state index in [9.17, 15) is 4.79 Å². The number of carbonyl (C=O) groups excluding carboxylic acids is 1. The van der Waals surface area contributed by atoms with Crippen molar-refractivity contribution in [1.29, 1.82) is 0 Å². The van der Waals surface area contributed by atoms with Crippen molar-refractivity contribution in [3.63, 3.8) is 0 Å². The Balaban J connectivity index is 1.73. The number of carbonyl (C=O) groups is 1. The number of anilines is 1. The fourth-order valence-corrected chi connectivity index (χ4v) is 4.38. The normalized spacial score (nSPS) is 18.8. The Morgan fingerprint density at radius 1 is 1.28 bits per heavy atom. The molecule has 0 bridgehead atoms. The van der Waals surface area contributed by atoms with Gasteiger partial charge in [0.05, 0.1) is 5.69 Å². The summed E-state index contributed by atoms with van der Waals surface area (Å²) in [7, 11) is 0. The minimum atomic E-state index is -0.402. The lowest BCUT2D eigenvalue weighted by atomic mass is 10.0. The molecule has 2 aromatic rings. The molecular weight excluding hydrogens is 332 g/mol. The number of benzene rings is 1. The molecule has 1 atom stereocenters. The van der Waals surface area contributed by atoms with Crippen LogP contribution in [0.15, 0.2) is 24.3 Å². The predicted molar refractivity (Wildman–Crippen MR) is 102 cm³/mol. The van der Waals surface area contributed by atoms with E-state index in [0.717, 1.165) is 48.8 Å². The average Bonchev–Trinajstić information content (AvgIpc) is 3.06. The summed E-state index contributed by atoms with van der Waals surface area (Å²) in [6, 6.07) is 7.99. The molecule has 1 aliphatic heterocycles. The maximum atomic E-state index is 11.3. The van der Waals surface area contributed by atoms with Crippen molar-refractivity contribution >= 4 is 23.6 Å². The van der Waals surface area contributed by atoms with Gasteiger partial charge >= 0.3 is 0 Å². The third-order valence-corrected chi connectivity index (χ3v) is 5.84. The van der Waals surface area contributed by atoms with Crippen molar-refractivity contribution in [2.45, 2.75) is 31.7 Å². The van der Waals surface area contributed by atoms with E-state index in [1.54, 1.807) is 12.1 Å². The summed E-state index contributed by atoms with van der Waals surface area (Å²) in [5.74, 6) is 1.57. The van der Waals surface area contributed by atoms with E-state index >= 15 is 0 Å². The van der Waals surface area contributed by atoms with Gasteiger partial charge in [0.2, 0.25) is 11.9 Å². The largest absolute Gasteiger partial charge is 0.366 e. The number of hydrogen-bond donors (Lipinski definition) is 1. The zero-order valence-corrected chi connectivity index (χ0v) is 15.2. The molecule has 2 N–H and O–H groups in total. The number of rotatable bonds is 5. The predicted octanol–water partition coefficient (Wildman–Crippen LogP) is 2.67. The molecule has 0 radical (unpaired) electrons. The molecule has 1 unspecified atom stereocenters. The van der Waals surface area contributed by atoms with Gasteiger partial charge in [-0.3, -0.25) is 4.79 Å². The van der Waals surface area contributed by atoms with Crippen LogP contribution in [0.1, 0.15) is 34.5 Å². The molecule has 25 heavy (non-hydrogen) atoms. The summed E-state index contributed by atoms with van der Waals surface area (Å²) in [5.41, 5.74) is 10.4. The van der Waals surface area contributed by atoms with Gasteiger partial charge in [-0.05, 0) is 44.1 Å². The molecule has 6 heteroatoms. The number of hydrogen-bond acceptors (Lipinski definition) is 5. The van der Waals surface area contributed by atoms with Gasteiger partial charge in [-0.1, -0.05) is 12.1 Å². The van der Waals surface area contributed by atoms with Crippen molar-refractivity contribution in [3.8, 4) is 11.3 Å². The molecule has 1 fully saturated rings. The number of fused-ring (bicyclic) bond motifs is 1. The highest BCUT2D eigenvalue weighted by molar-refractivity contribution is 7.98. The highest BCUT2D eigenvalue weighted by Gasteiger charge is 2.31. The Hall–Kier alpha value is -2.08. The lowest BCUT2D eigenvalue weighted by Crippen LogP contribution is -2.50. The van der Waals surface area contributed by atoms with E-state index < -0.39 is 5.91 Å². The maximum Gasteiger partial charge on any atom is 0.248 e. The van der Waals surface area contributed by atoms with E-state index in [1.807, 2.05) is 23.9 Å². The monoisotopic (exact) mass is 354 g/mol. The van der Waals surface area contributed by atoms with E-state index in [-0.39, 0.29) is 0 Å². The Kier molecular flexibility index (Phi) is 4.37. The first-order chi connectivity index (χ1) is 12.2. The highest BCUT2D eigenvalue weighted by Crippen LogP contribution is 2.34. The third kappa shape index (κ3) is 2.99. The summed E-state index contributed by atoms with van der Waals surface area (Å²) in [6.07, 6.45) is 6.54. The number of thioether (sulfide) groups is 1. The lowest BCUT2D eigenvalue weighted by molar-refractivity contribution is 0.100. The first-order valence-electron chi connectivity index (χ1n) is 8.73. The zero-order valence-electron chi connectivity index (χ0n) is 14.4. The Labute approximate surface area is 152 Å². The van der Waals surface area contributed by atoms with E-state index in [4.69, 9.17) is 15.7 Å². The SMILES string of the molecule is CSCC1CCN1c1nc2c(c(-c3ccc(C(N)=O)cc3)n1)CCC2. The first-order valence-corrected chi connectivity index (χ1v) is 10.1. The first kappa shape index (κ1) is 16.4. The molecule has 130 valence electrons. The zero-order chi connectivity index (χ0) is 17.4. The summed E-state index contributed by atoms with van der Waals surface area (Å²) in [4.78, 5) is 23.4. The van der Waals surface area contributed by atoms with Crippen molar-refractivity contribution < 1.29 is 4.79 Å². The van der Waals surface area contributed by atoms with Gasteiger partial charge in [0, 0.05) is 40.7 Å². The lowest BCUT2D eigenvalue weighted by Gasteiger charge is -2.41. The fraction of sp³-hybridized carbons (Fsp3) is 0.421. The van der Waals surface area contributed by atoms with Gasteiger partial charge in [0.15, 0.2) is 0 Å². The molecule has 1 aromatic carbocycles. The van der Waals surface area contributed by atoms with Gasteiger partial charge < -0.3 is 10.6 Å². The van der Waals surface area contributed by atoms with Crippen molar-refractivity contribution in [2.24, 2.45) is 5.73 Å². The summed E-state index contributed by atoms with van der Waals surface area (Å²) in [6.45, 7) is 1.03. The number of nitrogens with zero attached hydrogens (tertiary/aromatic N) is 3. The van der Waals surface area contributed by atoms with E-state index in [1.165, 1.54) is 17.7 Å². The maximum absolute atomic E-state index is 11.3. The van der Waals surface area contributed by atoms with Gasteiger partial charge in [0.1, 0.15) is 0 Å². The number of nitrogens with two attached hydrogens (primary N) is 1. The minimum absolute atomic E-state index is 0.402. The molecule has 2 heterocycles. The fourth-order valence-electron chi connectivity index (χ4n) is 3.65. The standard InChI is InChI=1S/C19H22N4OS/c1-25-11-14-9-10-23(14)19-21-16-4-2-3-15(16)17(22-19)12-5-7-13(8-6-12)18(20)24/h5-8,14H,2-4,9-11H2,1H3,(H2,20,24). The van der Waals surface area contributed by atoms with Crippen LogP contribution in [0.25, 0.3) is 11.3 Å². The highest BCUT2D eigenvalue weighted by atomic mass is 32.2. The molecule has 5 nitrogen and oxygen atoms in total.